The van der Waals surface area contributed by atoms with Gasteiger partial charge in [-0.05, 0) is 19.1 Å². The topological polar surface area (TPSA) is 54.5 Å². The van der Waals surface area contributed by atoms with Gasteiger partial charge in [-0.15, -0.1) is 11.8 Å². The van der Waals surface area contributed by atoms with Crippen molar-refractivity contribution in [3.63, 3.8) is 0 Å². The normalized spacial score (nSPS) is 22.3. The maximum Gasteiger partial charge on any atom is 0.236 e. The molecule has 1 fully saturated rings. The summed E-state index contributed by atoms with van der Waals surface area (Å²) < 4.78 is 23.5. The molecule has 1 amide bonds. The molecule has 1 heterocycles. The molecule has 1 aliphatic heterocycles. The van der Waals surface area contributed by atoms with Crippen LogP contribution in [0.4, 0.5) is 0 Å². The van der Waals surface area contributed by atoms with Gasteiger partial charge in [0.15, 0.2) is 9.84 Å². The van der Waals surface area contributed by atoms with Crippen molar-refractivity contribution in [2.24, 2.45) is 0 Å². The third-order valence-corrected chi connectivity index (χ3v) is 6.94. The van der Waals surface area contributed by atoms with Crippen molar-refractivity contribution in [3.8, 4) is 0 Å². The Bertz CT molecular complexity index is 397. The number of carbonyl (C=O) groups is 1. The number of hydrogen-bond acceptors (Lipinski definition) is 5. The van der Waals surface area contributed by atoms with Crippen molar-refractivity contribution in [3.05, 3.63) is 0 Å². The van der Waals surface area contributed by atoms with E-state index < -0.39 is 15.2 Å². The first-order chi connectivity index (χ1) is 8.88. The summed E-state index contributed by atoms with van der Waals surface area (Å²) in [5, 5.41) is -0.799. The van der Waals surface area contributed by atoms with Crippen LogP contribution in [-0.4, -0.2) is 59.9 Å². The standard InChI is InChI=1S/C12H23NO3S3/c1-4-5-7-18-10(2)12(14)13-6-8-17-9-11(13)19(3,15)16/h10-11H,4-9H2,1-3H3. The SMILES string of the molecule is CCCCSC(C)C(=O)N1CCSCC1S(C)(=O)=O. The molecule has 4 nitrogen and oxygen atoms in total. The highest BCUT2D eigenvalue weighted by Gasteiger charge is 2.35. The van der Waals surface area contributed by atoms with E-state index in [2.05, 4.69) is 6.92 Å². The first-order valence-corrected chi connectivity index (χ1v) is 10.7. The zero-order valence-corrected chi connectivity index (χ0v) is 14.2. The summed E-state index contributed by atoms with van der Waals surface area (Å²) in [6.07, 6.45) is 3.42. The van der Waals surface area contributed by atoms with Crippen LogP contribution in [0.15, 0.2) is 0 Å². The first-order valence-electron chi connectivity index (χ1n) is 6.56. The van der Waals surface area contributed by atoms with Gasteiger partial charge < -0.3 is 4.90 Å². The van der Waals surface area contributed by atoms with Crippen LogP contribution in [-0.2, 0) is 14.6 Å². The van der Waals surface area contributed by atoms with Gasteiger partial charge in [0.2, 0.25) is 5.91 Å². The van der Waals surface area contributed by atoms with Crippen LogP contribution in [0.1, 0.15) is 26.7 Å². The zero-order valence-electron chi connectivity index (χ0n) is 11.8. The molecule has 1 saturated heterocycles. The number of amides is 1. The summed E-state index contributed by atoms with van der Waals surface area (Å²) in [6.45, 7) is 4.54. The zero-order chi connectivity index (χ0) is 14.5. The van der Waals surface area contributed by atoms with Crippen LogP contribution in [0.2, 0.25) is 0 Å². The van der Waals surface area contributed by atoms with Gasteiger partial charge in [0.1, 0.15) is 5.37 Å². The third kappa shape index (κ3) is 5.19. The van der Waals surface area contributed by atoms with E-state index in [1.807, 2.05) is 6.92 Å². The monoisotopic (exact) mass is 325 g/mol. The molecule has 7 heteroatoms. The van der Waals surface area contributed by atoms with Gasteiger partial charge in [-0.3, -0.25) is 4.79 Å². The number of thioether (sulfide) groups is 2. The van der Waals surface area contributed by atoms with E-state index >= 15 is 0 Å². The second-order valence-electron chi connectivity index (χ2n) is 4.76. The molecule has 2 atom stereocenters. The first kappa shape index (κ1) is 17.2. The van der Waals surface area contributed by atoms with Gasteiger partial charge in [-0.2, -0.15) is 11.8 Å². The highest BCUT2D eigenvalue weighted by Crippen LogP contribution is 2.24. The molecule has 0 aromatic carbocycles. The van der Waals surface area contributed by atoms with Crippen molar-refractivity contribution in [2.45, 2.75) is 37.3 Å². The highest BCUT2D eigenvalue weighted by atomic mass is 32.2. The van der Waals surface area contributed by atoms with E-state index in [0.29, 0.717) is 12.3 Å². The maximum absolute atomic E-state index is 12.4. The number of rotatable bonds is 6. The Morgan fingerprint density at radius 2 is 2.21 bits per heavy atom. The fourth-order valence-corrected chi connectivity index (χ4v) is 5.81. The summed E-state index contributed by atoms with van der Waals surface area (Å²) in [7, 11) is -3.20. The second-order valence-corrected chi connectivity index (χ2v) is 9.56. The van der Waals surface area contributed by atoms with Gasteiger partial charge >= 0.3 is 0 Å². The quantitative estimate of drug-likeness (QED) is 0.698. The summed E-state index contributed by atoms with van der Waals surface area (Å²) in [5.41, 5.74) is 0. The van der Waals surface area contributed by atoms with E-state index in [9.17, 15) is 13.2 Å². The molecule has 0 N–H and O–H groups in total. The lowest BCUT2D eigenvalue weighted by Crippen LogP contribution is -2.52. The molecule has 1 rings (SSSR count). The lowest BCUT2D eigenvalue weighted by atomic mass is 10.3. The molecular weight excluding hydrogens is 302 g/mol. The lowest BCUT2D eigenvalue weighted by molar-refractivity contribution is -0.130. The molecule has 112 valence electrons. The van der Waals surface area contributed by atoms with E-state index in [1.54, 1.807) is 28.4 Å². The Kier molecular flexibility index (Phi) is 7.04. The van der Waals surface area contributed by atoms with Gasteiger partial charge in [0.05, 0.1) is 5.25 Å². The van der Waals surface area contributed by atoms with Crippen molar-refractivity contribution in [1.82, 2.24) is 4.90 Å². The van der Waals surface area contributed by atoms with Crippen molar-refractivity contribution >= 4 is 39.3 Å². The largest absolute Gasteiger partial charge is 0.323 e. The molecule has 0 radical (unpaired) electrons. The molecule has 2 unspecified atom stereocenters. The summed E-state index contributed by atoms with van der Waals surface area (Å²) >= 11 is 3.23. The molecule has 0 aromatic heterocycles. The molecule has 0 spiro atoms. The van der Waals surface area contributed by atoms with Crippen molar-refractivity contribution < 1.29 is 13.2 Å². The van der Waals surface area contributed by atoms with E-state index in [1.165, 1.54) is 6.26 Å². The van der Waals surface area contributed by atoms with E-state index in [0.717, 1.165) is 24.3 Å². The van der Waals surface area contributed by atoms with E-state index in [4.69, 9.17) is 0 Å². The van der Waals surface area contributed by atoms with Crippen LogP contribution in [0.5, 0.6) is 0 Å². The van der Waals surface area contributed by atoms with Crippen LogP contribution in [0.25, 0.3) is 0 Å². The Labute approximate surface area is 125 Å². The predicted octanol–water partition coefficient (Wildman–Crippen LogP) is 1.85. The minimum atomic E-state index is -3.20. The Morgan fingerprint density at radius 1 is 1.53 bits per heavy atom. The summed E-state index contributed by atoms with van der Waals surface area (Å²) in [4.78, 5) is 13.9. The lowest BCUT2D eigenvalue weighted by Gasteiger charge is -2.35. The minimum absolute atomic E-state index is 0.0307. The molecule has 0 bridgehead atoms. The van der Waals surface area contributed by atoms with Crippen LogP contribution in [0.3, 0.4) is 0 Å². The van der Waals surface area contributed by atoms with Crippen molar-refractivity contribution in [1.29, 1.82) is 0 Å². The smallest absolute Gasteiger partial charge is 0.236 e. The minimum Gasteiger partial charge on any atom is -0.323 e. The van der Waals surface area contributed by atoms with Crippen LogP contribution >= 0.6 is 23.5 Å². The fraction of sp³-hybridized carbons (Fsp3) is 0.917. The molecule has 0 aromatic rings. The Morgan fingerprint density at radius 3 is 2.79 bits per heavy atom. The maximum atomic E-state index is 12.4. The van der Waals surface area contributed by atoms with E-state index in [-0.39, 0.29) is 11.2 Å². The van der Waals surface area contributed by atoms with Gasteiger partial charge in [0.25, 0.3) is 0 Å². The highest BCUT2D eigenvalue weighted by molar-refractivity contribution is 8.01. The van der Waals surface area contributed by atoms with Crippen molar-refractivity contribution in [2.75, 3.05) is 30.1 Å². The third-order valence-electron chi connectivity index (χ3n) is 3.08. The molecule has 0 saturated carbocycles. The number of sulfone groups is 1. The molecule has 1 aliphatic rings. The molecule has 0 aliphatic carbocycles. The summed E-state index contributed by atoms with van der Waals surface area (Å²) in [5.74, 6) is 2.24. The Hall–Kier alpha value is 0.120. The number of carbonyl (C=O) groups excluding carboxylic acids is 1. The molecular formula is C12H23NO3S3. The predicted molar refractivity (Wildman–Crippen MR) is 84.5 cm³/mol. The average molecular weight is 326 g/mol. The Balaban J connectivity index is 2.66. The number of nitrogens with zero attached hydrogens (tertiary/aromatic N) is 1. The average Bonchev–Trinajstić information content (AvgIpc) is 2.37. The number of unbranched alkanes of at least 4 members (excludes halogenated alkanes) is 1. The van der Waals surface area contributed by atoms with Gasteiger partial charge in [-0.1, -0.05) is 13.3 Å². The second kappa shape index (κ2) is 7.78. The summed E-state index contributed by atoms with van der Waals surface area (Å²) in [6, 6.07) is 0. The van der Waals surface area contributed by atoms with Crippen LogP contribution < -0.4 is 0 Å². The molecule has 19 heavy (non-hydrogen) atoms. The fourth-order valence-electron chi connectivity index (χ4n) is 1.90. The van der Waals surface area contributed by atoms with Gasteiger partial charge in [0, 0.05) is 24.3 Å². The van der Waals surface area contributed by atoms with Gasteiger partial charge in [-0.25, -0.2) is 8.42 Å². The van der Waals surface area contributed by atoms with Crippen LogP contribution in [0, 0.1) is 0 Å². The number of hydrogen-bond donors (Lipinski definition) is 0.